The second-order valence-corrected chi connectivity index (χ2v) is 6.54. The van der Waals surface area contributed by atoms with E-state index in [-0.39, 0.29) is 6.04 Å². The van der Waals surface area contributed by atoms with Crippen molar-refractivity contribution in [2.75, 3.05) is 0 Å². The molecule has 5 nitrogen and oxygen atoms in total. The van der Waals surface area contributed by atoms with Crippen molar-refractivity contribution in [2.24, 2.45) is 19.8 Å². The smallest absolute Gasteiger partial charge is 0.0738 e. The Bertz CT molecular complexity index is 641. The molecule has 0 aliphatic rings. The van der Waals surface area contributed by atoms with Gasteiger partial charge in [0, 0.05) is 32.3 Å². The molecule has 0 saturated carbocycles. The highest BCUT2D eigenvalue weighted by Gasteiger charge is 2.16. The van der Waals surface area contributed by atoms with Gasteiger partial charge in [0.05, 0.1) is 21.6 Å². The fourth-order valence-electron chi connectivity index (χ4n) is 2.76. The molecule has 0 fully saturated rings. The summed E-state index contributed by atoms with van der Waals surface area (Å²) in [5, 5.41) is 8.87. The van der Waals surface area contributed by atoms with E-state index in [0.29, 0.717) is 0 Å². The van der Waals surface area contributed by atoms with E-state index >= 15 is 0 Å². The van der Waals surface area contributed by atoms with Crippen LogP contribution in [-0.4, -0.2) is 25.6 Å². The van der Waals surface area contributed by atoms with Crippen molar-refractivity contribution in [3.05, 3.63) is 32.8 Å². The number of aromatic nitrogens is 4. The molecule has 0 radical (unpaired) electrons. The number of hydrogen-bond donors (Lipinski definition) is 1. The predicted molar refractivity (Wildman–Crippen MR) is 88.3 cm³/mol. The first kappa shape index (κ1) is 16.2. The third kappa shape index (κ3) is 3.37. The van der Waals surface area contributed by atoms with E-state index in [0.717, 1.165) is 35.1 Å². The zero-order valence-corrected chi connectivity index (χ0v) is 15.0. The first-order valence-electron chi connectivity index (χ1n) is 7.23. The Balaban J connectivity index is 2.01. The second kappa shape index (κ2) is 6.32. The molecule has 21 heavy (non-hydrogen) atoms. The number of nitrogens with two attached hydrogens (primary N) is 1. The third-order valence-electron chi connectivity index (χ3n) is 4.14. The van der Waals surface area contributed by atoms with E-state index < -0.39 is 0 Å². The molecule has 2 N–H and O–H groups in total. The lowest BCUT2D eigenvalue weighted by Crippen LogP contribution is -2.25. The normalized spacial score (nSPS) is 12.9. The van der Waals surface area contributed by atoms with Gasteiger partial charge in [-0.3, -0.25) is 9.36 Å². The standard InChI is InChI=1S/C15H24BrN5/c1-9-13(11(3)20(4)18-9)7-6-12(17)8-14-15(16)10(2)19-21(14)5/h12H,6-8,17H2,1-5H3. The molecule has 2 aromatic heterocycles. The van der Waals surface area contributed by atoms with Gasteiger partial charge in [0.1, 0.15) is 0 Å². The number of nitrogens with zero attached hydrogens (tertiary/aromatic N) is 4. The molecule has 2 heterocycles. The summed E-state index contributed by atoms with van der Waals surface area (Å²) in [6, 6.07) is 0.120. The Morgan fingerprint density at radius 2 is 1.71 bits per heavy atom. The summed E-state index contributed by atoms with van der Waals surface area (Å²) in [6.45, 7) is 6.18. The van der Waals surface area contributed by atoms with Crippen molar-refractivity contribution < 1.29 is 0 Å². The summed E-state index contributed by atoms with van der Waals surface area (Å²) < 4.78 is 4.94. The average Bonchev–Trinajstić information content (AvgIpc) is 2.79. The average molecular weight is 354 g/mol. The van der Waals surface area contributed by atoms with Gasteiger partial charge in [-0.15, -0.1) is 0 Å². The van der Waals surface area contributed by atoms with Crippen LogP contribution in [0.2, 0.25) is 0 Å². The minimum absolute atomic E-state index is 0.120. The van der Waals surface area contributed by atoms with Gasteiger partial charge in [-0.05, 0) is 55.1 Å². The number of aryl methyl sites for hydroxylation is 4. The van der Waals surface area contributed by atoms with Crippen molar-refractivity contribution in [3.63, 3.8) is 0 Å². The van der Waals surface area contributed by atoms with Crippen LogP contribution in [0.1, 0.15) is 34.8 Å². The molecule has 116 valence electrons. The molecule has 2 rings (SSSR count). The summed E-state index contributed by atoms with van der Waals surface area (Å²) >= 11 is 3.60. The van der Waals surface area contributed by atoms with Crippen molar-refractivity contribution in [1.82, 2.24) is 19.6 Å². The lowest BCUT2D eigenvalue weighted by atomic mass is 10.0. The fourth-order valence-corrected chi connectivity index (χ4v) is 3.26. The van der Waals surface area contributed by atoms with Gasteiger partial charge in [-0.25, -0.2) is 0 Å². The summed E-state index contributed by atoms with van der Waals surface area (Å²) in [6.07, 6.45) is 2.75. The Kier molecular flexibility index (Phi) is 4.88. The van der Waals surface area contributed by atoms with Crippen molar-refractivity contribution >= 4 is 15.9 Å². The van der Waals surface area contributed by atoms with Crippen molar-refractivity contribution in [1.29, 1.82) is 0 Å². The monoisotopic (exact) mass is 353 g/mol. The van der Waals surface area contributed by atoms with Crippen LogP contribution < -0.4 is 5.73 Å². The lowest BCUT2D eigenvalue weighted by Gasteiger charge is -2.12. The van der Waals surface area contributed by atoms with Gasteiger partial charge in [-0.2, -0.15) is 10.2 Å². The summed E-state index contributed by atoms with van der Waals surface area (Å²) in [4.78, 5) is 0. The molecule has 0 spiro atoms. The van der Waals surface area contributed by atoms with E-state index in [2.05, 4.69) is 40.0 Å². The van der Waals surface area contributed by atoms with Crippen molar-refractivity contribution in [3.8, 4) is 0 Å². The Morgan fingerprint density at radius 1 is 1.10 bits per heavy atom. The van der Waals surface area contributed by atoms with Gasteiger partial charge in [-0.1, -0.05) is 0 Å². The van der Waals surface area contributed by atoms with Gasteiger partial charge in [0.25, 0.3) is 0 Å². The Hall–Kier alpha value is -1.14. The van der Waals surface area contributed by atoms with Crippen LogP contribution in [-0.2, 0) is 26.9 Å². The highest BCUT2D eigenvalue weighted by Crippen LogP contribution is 2.22. The van der Waals surface area contributed by atoms with Crippen LogP contribution in [0, 0.1) is 20.8 Å². The molecule has 0 aliphatic carbocycles. The van der Waals surface area contributed by atoms with E-state index in [9.17, 15) is 0 Å². The van der Waals surface area contributed by atoms with E-state index in [1.165, 1.54) is 17.0 Å². The second-order valence-electron chi connectivity index (χ2n) is 5.75. The maximum Gasteiger partial charge on any atom is 0.0738 e. The van der Waals surface area contributed by atoms with Gasteiger partial charge in [0.2, 0.25) is 0 Å². The van der Waals surface area contributed by atoms with Crippen LogP contribution in [0.5, 0.6) is 0 Å². The van der Waals surface area contributed by atoms with E-state index in [4.69, 9.17) is 5.73 Å². The number of hydrogen-bond acceptors (Lipinski definition) is 3. The van der Waals surface area contributed by atoms with Gasteiger partial charge in [0.15, 0.2) is 0 Å². The van der Waals surface area contributed by atoms with Crippen LogP contribution >= 0.6 is 15.9 Å². The van der Waals surface area contributed by atoms with Gasteiger partial charge < -0.3 is 5.73 Å². The largest absolute Gasteiger partial charge is 0.327 e. The maximum absolute atomic E-state index is 6.32. The highest BCUT2D eigenvalue weighted by atomic mass is 79.9. The molecule has 0 bridgehead atoms. The molecule has 6 heteroatoms. The quantitative estimate of drug-likeness (QED) is 0.897. The molecule has 0 amide bonds. The molecule has 2 aromatic rings. The van der Waals surface area contributed by atoms with Crippen LogP contribution in [0.4, 0.5) is 0 Å². The van der Waals surface area contributed by atoms with Crippen molar-refractivity contribution in [2.45, 2.75) is 46.1 Å². The maximum atomic E-state index is 6.32. The SMILES string of the molecule is Cc1nn(C)c(CC(N)CCc2c(C)nn(C)c2C)c1Br. The molecule has 0 aromatic carbocycles. The first-order chi connectivity index (χ1) is 9.81. The summed E-state index contributed by atoms with van der Waals surface area (Å²) in [7, 11) is 3.95. The summed E-state index contributed by atoms with van der Waals surface area (Å²) in [5.41, 5.74) is 12.2. The first-order valence-corrected chi connectivity index (χ1v) is 8.03. The third-order valence-corrected chi connectivity index (χ3v) is 5.17. The van der Waals surface area contributed by atoms with E-state index in [1.54, 1.807) is 0 Å². The highest BCUT2D eigenvalue weighted by molar-refractivity contribution is 9.10. The molecular formula is C15H24BrN5. The molecular weight excluding hydrogens is 330 g/mol. The number of rotatable bonds is 5. The molecule has 1 unspecified atom stereocenters. The fraction of sp³-hybridized carbons (Fsp3) is 0.600. The minimum atomic E-state index is 0.120. The lowest BCUT2D eigenvalue weighted by molar-refractivity contribution is 0.575. The minimum Gasteiger partial charge on any atom is -0.327 e. The van der Waals surface area contributed by atoms with Crippen LogP contribution in [0.25, 0.3) is 0 Å². The zero-order valence-electron chi connectivity index (χ0n) is 13.4. The van der Waals surface area contributed by atoms with Gasteiger partial charge >= 0.3 is 0 Å². The molecule has 0 saturated heterocycles. The number of halogens is 1. The Morgan fingerprint density at radius 3 is 2.19 bits per heavy atom. The van der Waals surface area contributed by atoms with E-state index in [1.807, 2.05) is 30.4 Å². The summed E-state index contributed by atoms with van der Waals surface area (Å²) in [5.74, 6) is 0. The molecule has 0 aliphatic heterocycles. The predicted octanol–water partition coefficient (Wildman–Crippen LogP) is 2.34. The zero-order chi connectivity index (χ0) is 15.7. The Labute approximate surface area is 134 Å². The van der Waals surface area contributed by atoms with Crippen LogP contribution in [0.15, 0.2) is 4.47 Å². The molecule has 1 atom stereocenters. The topological polar surface area (TPSA) is 61.7 Å². The van der Waals surface area contributed by atoms with Crippen LogP contribution in [0.3, 0.4) is 0 Å².